The van der Waals surface area contributed by atoms with Gasteiger partial charge >= 0.3 is 0 Å². The van der Waals surface area contributed by atoms with Crippen molar-refractivity contribution in [3.05, 3.63) is 51.1 Å². The highest BCUT2D eigenvalue weighted by atomic mass is 127. The smallest absolute Gasteiger partial charge is 0.241 e. The second-order valence-electron chi connectivity index (χ2n) is 5.61. The van der Waals surface area contributed by atoms with Crippen LogP contribution < -0.4 is 14.2 Å². The fraction of sp³-hybridized carbons (Fsp3) is 0.333. The molecule has 0 unspecified atom stereocenters. The van der Waals surface area contributed by atoms with Gasteiger partial charge in [0.25, 0.3) is 0 Å². The van der Waals surface area contributed by atoms with Crippen molar-refractivity contribution in [2.24, 2.45) is 0 Å². The van der Waals surface area contributed by atoms with Gasteiger partial charge in [-0.25, -0.2) is 13.1 Å². The molecule has 0 amide bonds. The Kier molecular flexibility index (Phi) is 6.70. The second-order valence-corrected chi connectivity index (χ2v) is 8.48. The van der Waals surface area contributed by atoms with E-state index in [4.69, 9.17) is 9.47 Å². The average molecular weight is 475 g/mol. The van der Waals surface area contributed by atoms with E-state index in [1.165, 1.54) is 0 Å². The minimum Gasteiger partial charge on any atom is -0.496 e. The molecule has 0 fully saturated rings. The molecule has 136 valence electrons. The van der Waals surface area contributed by atoms with E-state index in [1.54, 1.807) is 32.4 Å². The van der Waals surface area contributed by atoms with Crippen LogP contribution in [0.25, 0.3) is 0 Å². The number of aryl methyl sites for hydroxylation is 1. The van der Waals surface area contributed by atoms with Crippen molar-refractivity contribution >= 4 is 32.6 Å². The van der Waals surface area contributed by atoms with Crippen molar-refractivity contribution < 1.29 is 17.9 Å². The van der Waals surface area contributed by atoms with E-state index in [0.29, 0.717) is 12.2 Å². The molecule has 2 aromatic rings. The molecule has 0 aliphatic rings. The number of sulfonamides is 1. The molecule has 5 nitrogen and oxygen atoms in total. The molecule has 1 atom stereocenters. The lowest BCUT2D eigenvalue weighted by atomic mass is 10.0. The first-order chi connectivity index (χ1) is 11.8. The fourth-order valence-electron chi connectivity index (χ4n) is 2.58. The summed E-state index contributed by atoms with van der Waals surface area (Å²) in [5, 5.41) is 0. The largest absolute Gasteiger partial charge is 0.496 e. The second kappa shape index (κ2) is 8.37. The highest BCUT2D eigenvalue weighted by Crippen LogP contribution is 2.27. The molecule has 0 aromatic heterocycles. The third-order valence-corrected chi connectivity index (χ3v) is 6.27. The van der Waals surface area contributed by atoms with Gasteiger partial charge in [0.1, 0.15) is 11.5 Å². The van der Waals surface area contributed by atoms with Crippen LogP contribution in [0.3, 0.4) is 0 Å². The molecule has 0 saturated carbocycles. The molecule has 25 heavy (non-hydrogen) atoms. The van der Waals surface area contributed by atoms with Gasteiger partial charge in [-0.3, -0.25) is 0 Å². The lowest BCUT2D eigenvalue weighted by molar-refractivity contribution is 0.411. The van der Waals surface area contributed by atoms with Gasteiger partial charge in [-0.15, -0.1) is 0 Å². The molecule has 0 aliphatic carbocycles. The maximum absolute atomic E-state index is 12.8. The van der Waals surface area contributed by atoms with E-state index >= 15 is 0 Å². The SMILES string of the molecule is CC[C@H](NS(=O)(=O)c1ccc(OC)c(I)c1)c1ccc(OC)c(C)c1. The normalized spacial score (nSPS) is 12.7. The first kappa shape index (κ1) is 20.0. The molecule has 0 heterocycles. The topological polar surface area (TPSA) is 64.6 Å². The van der Waals surface area contributed by atoms with E-state index < -0.39 is 10.0 Å². The molecule has 0 radical (unpaired) electrons. The van der Waals surface area contributed by atoms with Crippen molar-refractivity contribution in [2.75, 3.05) is 14.2 Å². The standard InChI is InChI=1S/C18H22INO4S/c1-5-16(13-6-8-17(23-3)12(2)10-13)20-25(21,22)14-7-9-18(24-4)15(19)11-14/h6-11,16,20H,5H2,1-4H3/t16-/m0/s1. The molecular formula is C18H22INO4S. The van der Waals surface area contributed by atoms with E-state index in [9.17, 15) is 8.42 Å². The van der Waals surface area contributed by atoms with Crippen LogP contribution in [0.15, 0.2) is 41.3 Å². The van der Waals surface area contributed by atoms with E-state index in [1.807, 2.05) is 32.0 Å². The molecular weight excluding hydrogens is 453 g/mol. The Hall–Kier alpha value is -1.32. The van der Waals surface area contributed by atoms with Crippen LogP contribution in [0, 0.1) is 10.5 Å². The third-order valence-electron chi connectivity index (χ3n) is 3.96. The summed E-state index contributed by atoms with van der Waals surface area (Å²) in [6.07, 6.45) is 0.637. The minimum atomic E-state index is -3.64. The Balaban J connectivity index is 2.31. The summed E-state index contributed by atoms with van der Waals surface area (Å²) in [5.41, 5.74) is 1.88. The summed E-state index contributed by atoms with van der Waals surface area (Å²) >= 11 is 2.06. The highest BCUT2D eigenvalue weighted by Gasteiger charge is 2.21. The van der Waals surface area contributed by atoms with Crippen molar-refractivity contribution in [2.45, 2.75) is 31.2 Å². The number of rotatable bonds is 7. The quantitative estimate of drug-likeness (QED) is 0.614. The number of halogens is 1. The number of hydrogen-bond donors (Lipinski definition) is 1. The highest BCUT2D eigenvalue weighted by molar-refractivity contribution is 14.1. The van der Waals surface area contributed by atoms with Crippen molar-refractivity contribution in [3.63, 3.8) is 0 Å². The predicted octanol–water partition coefficient (Wildman–Crippen LogP) is 4.05. The zero-order valence-corrected chi connectivity index (χ0v) is 17.6. The van der Waals surface area contributed by atoms with Crippen LogP contribution >= 0.6 is 22.6 Å². The number of benzene rings is 2. The molecule has 7 heteroatoms. The van der Waals surface area contributed by atoms with Gasteiger partial charge in [0.15, 0.2) is 0 Å². The maximum Gasteiger partial charge on any atom is 0.241 e. The Labute approximate surface area is 162 Å². The number of nitrogens with one attached hydrogen (secondary N) is 1. The van der Waals surface area contributed by atoms with Crippen LogP contribution in [0.2, 0.25) is 0 Å². The number of ether oxygens (including phenoxy) is 2. The van der Waals surface area contributed by atoms with Gasteiger partial charge in [-0.1, -0.05) is 19.1 Å². The molecule has 0 bridgehead atoms. The summed E-state index contributed by atoms with van der Waals surface area (Å²) in [4.78, 5) is 0.224. The van der Waals surface area contributed by atoms with Gasteiger partial charge in [0.2, 0.25) is 10.0 Å². The molecule has 1 N–H and O–H groups in total. The number of methoxy groups -OCH3 is 2. The molecule has 0 spiro atoms. The first-order valence-electron chi connectivity index (χ1n) is 7.82. The minimum absolute atomic E-state index is 0.224. The van der Waals surface area contributed by atoms with Crippen molar-refractivity contribution in [1.29, 1.82) is 0 Å². The number of hydrogen-bond acceptors (Lipinski definition) is 4. The molecule has 0 saturated heterocycles. The monoisotopic (exact) mass is 475 g/mol. The lowest BCUT2D eigenvalue weighted by Crippen LogP contribution is -2.28. The van der Waals surface area contributed by atoms with E-state index in [-0.39, 0.29) is 10.9 Å². The van der Waals surface area contributed by atoms with Gasteiger partial charge in [0, 0.05) is 6.04 Å². The maximum atomic E-state index is 12.8. The van der Waals surface area contributed by atoms with Crippen LogP contribution in [0.5, 0.6) is 11.5 Å². The summed E-state index contributed by atoms with van der Waals surface area (Å²) < 4.78 is 39.5. The predicted molar refractivity (Wildman–Crippen MR) is 107 cm³/mol. The van der Waals surface area contributed by atoms with Crippen molar-refractivity contribution in [1.82, 2.24) is 4.72 Å². The average Bonchev–Trinajstić information content (AvgIpc) is 2.59. The Morgan fingerprint density at radius 3 is 2.24 bits per heavy atom. The molecule has 2 aromatic carbocycles. The zero-order chi connectivity index (χ0) is 18.6. The van der Waals surface area contributed by atoms with Crippen LogP contribution in [0.4, 0.5) is 0 Å². The van der Waals surface area contributed by atoms with Crippen LogP contribution in [-0.4, -0.2) is 22.6 Å². The van der Waals surface area contributed by atoms with Crippen LogP contribution in [-0.2, 0) is 10.0 Å². The van der Waals surface area contributed by atoms with E-state index in [2.05, 4.69) is 27.3 Å². The Bertz CT molecular complexity index is 852. The summed E-state index contributed by atoms with van der Waals surface area (Å²) in [6, 6.07) is 10.2. The van der Waals surface area contributed by atoms with Crippen molar-refractivity contribution in [3.8, 4) is 11.5 Å². The first-order valence-corrected chi connectivity index (χ1v) is 10.4. The van der Waals surface area contributed by atoms with Gasteiger partial charge in [0.05, 0.1) is 22.7 Å². The Morgan fingerprint density at radius 2 is 1.72 bits per heavy atom. The van der Waals surface area contributed by atoms with Gasteiger partial charge < -0.3 is 9.47 Å². The molecule has 2 rings (SSSR count). The van der Waals surface area contributed by atoms with Crippen LogP contribution in [0.1, 0.15) is 30.5 Å². The van der Waals surface area contributed by atoms with Gasteiger partial charge in [-0.05, 0) is 71.3 Å². The third kappa shape index (κ3) is 4.65. The molecule has 0 aliphatic heterocycles. The Morgan fingerprint density at radius 1 is 1.08 bits per heavy atom. The van der Waals surface area contributed by atoms with E-state index in [0.717, 1.165) is 20.4 Å². The lowest BCUT2D eigenvalue weighted by Gasteiger charge is -2.19. The van der Waals surface area contributed by atoms with Gasteiger partial charge in [-0.2, -0.15) is 0 Å². The fourth-order valence-corrected chi connectivity index (χ4v) is 4.86. The summed E-state index contributed by atoms with van der Waals surface area (Å²) in [5.74, 6) is 1.43. The summed E-state index contributed by atoms with van der Waals surface area (Å²) in [7, 11) is -0.460. The summed E-state index contributed by atoms with van der Waals surface area (Å²) in [6.45, 7) is 3.89. The zero-order valence-electron chi connectivity index (χ0n) is 14.7.